The van der Waals surface area contributed by atoms with Crippen molar-refractivity contribution in [2.75, 3.05) is 10.6 Å². The van der Waals surface area contributed by atoms with Crippen molar-refractivity contribution < 1.29 is 29.4 Å². The van der Waals surface area contributed by atoms with Crippen LogP contribution in [0.15, 0.2) is 36.4 Å². The van der Waals surface area contributed by atoms with Gasteiger partial charge >= 0.3 is 11.9 Å². The van der Waals surface area contributed by atoms with Crippen LogP contribution in [0.3, 0.4) is 0 Å². The quantitative estimate of drug-likeness (QED) is 0.412. The van der Waals surface area contributed by atoms with Gasteiger partial charge in [0.2, 0.25) is 11.8 Å². The second-order valence-corrected chi connectivity index (χ2v) is 6.48. The third-order valence-corrected chi connectivity index (χ3v) is 4.16. The Morgan fingerprint density at radius 2 is 1.07 bits per heavy atom. The zero-order valence-electron chi connectivity index (χ0n) is 15.7. The Morgan fingerprint density at radius 1 is 0.667 bits per heavy atom. The number of anilines is 2. The first-order chi connectivity index (χ1) is 14.3. The van der Waals surface area contributed by atoms with E-state index in [0.29, 0.717) is 22.1 Å². The first-order valence-electron chi connectivity index (χ1n) is 9.05. The summed E-state index contributed by atoms with van der Waals surface area (Å²) in [6, 6.07) is 10.3. The van der Waals surface area contributed by atoms with Crippen molar-refractivity contribution in [3.63, 3.8) is 0 Å². The van der Waals surface area contributed by atoms with Gasteiger partial charge in [-0.1, -0.05) is 12.1 Å². The molecule has 4 N–H and O–H groups in total. The van der Waals surface area contributed by atoms with Gasteiger partial charge in [0, 0.05) is 12.8 Å². The fraction of sp³-hybridized carbons (Fsp3) is 0.200. The Morgan fingerprint density at radius 3 is 1.43 bits per heavy atom. The zero-order chi connectivity index (χ0) is 21.7. The molecule has 0 saturated heterocycles. The first-order valence-corrected chi connectivity index (χ1v) is 9.05. The molecule has 3 aromatic rings. The van der Waals surface area contributed by atoms with Crippen molar-refractivity contribution in [1.29, 1.82) is 0 Å². The van der Waals surface area contributed by atoms with Gasteiger partial charge in [0.25, 0.3) is 0 Å². The van der Waals surface area contributed by atoms with Gasteiger partial charge in [-0.2, -0.15) is 0 Å². The van der Waals surface area contributed by atoms with Crippen molar-refractivity contribution >= 4 is 57.2 Å². The third kappa shape index (κ3) is 5.25. The number of hydrogen-bond acceptors (Lipinski definition) is 6. The number of nitrogens with one attached hydrogen (secondary N) is 2. The minimum Gasteiger partial charge on any atom is -0.481 e. The molecule has 0 aliphatic heterocycles. The minimum atomic E-state index is -1.11. The highest BCUT2D eigenvalue weighted by molar-refractivity contribution is 6.04. The Bertz CT molecular complexity index is 1070. The van der Waals surface area contributed by atoms with Crippen LogP contribution in [-0.4, -0.2) is 43.9 Å². The topological polar surface area (TPSA) is 159 Å². The molecule has 1 heterocycles. The maximum atomic E-state index is 12.1. The van der Waals surface area contributed by atoms with E-state index in [9.17, 15) is 19.2 Å². The Hall–Kier alpha value is -4.08. The van der Waals surface area contributed by atoms with E-state index in [0.717, 1.165) is 0 Å². The van der Waals surface area contributed by atoms with Gasteiger partial charge in [-0.3, -0.25) is 19.2 Å². The van der Waals surface area contributed by atoms with Crippen LogP contribution in [0.2, 0.25) is 0 Å². The molecule has 0 unspecified atom stereocenters. The van der Waals surface area contributed by atoms with Gasteiger partial charge in [-0.05, 0) is 24.3 Å². The van der Waals surface area contributed by atoms with E-state index in [2.05, 4.69) is 20.6 Å². The molecule has 0 aliphatic carbocycles. The zero-order valence-corrected chi connectivity index (χ0v) is 15.7. The number of aliphatic carboxylic acids is 2. The number of para-hydroxylation sites is 2. The number of carbonyl (C=O) groups is 4. The molecule has 0 fully saturated rings. The average molecular weight is 410 g/mol. The standard InChI is InChI=1S/C20H18N4O6/c25-17(5-7-19(27)28)23-15-9-13-14(22-12-4-2-1-3-11(12)21-13)10-16(15)24-18(26)6-8-20(29)30/h1-4,9-10H,5-8H2,(H,23,25)(H,24,26)(H,27,28)(H,29,30). The summed E-state index contributed by atoms with van der Waals surface area (Å²) in [4.78, 5) is 54.6. The SMILES string of the molecule is O=C(O)CCC(=O)Nc1cc2nc3ccccc3nc2cc1NC(=O)CCC(=O)O. The van der Waals surface area contributed by atoms with Crippen LogP contribution in [0.1, 0.15) is 25.7 Å². The van der Waals surface area contributed by atoms with E-state index in [4.69, 9.17) is 10.2 Å². The van der Waals surface area contributed by atoms with Gasteiger partial charge in [0.05, 0.1) is 46.3 Å². The lowest BCUT2D eigenvalue weighted by atomic mass is 10.2. The van der Waals surface area contributed by atoms with E-state index in [1.165, 1.54) is 12.1 Å². The van der Waals surface area contributed by atoms with E-state index in [1.807, 2.05) is 12.1 Å². The molecule has 10 heteroatoms. The molecular weight excluding hydrogens is 392 g/mol. The summed E-state index contributed by atoms with van der Waals surface area (Å²) in [5.41, 5.74) is 2.65. The fourth-order valence-corrected chi connectivity index (χ4v) is 2.74. The predicted molar refractivity (Wildman–Crippen MR) is 108 cm³/mol. The maximum Gasteiger partial charge on any atom is 0.303 e. The highest BCUT2D eigenvalue weighted by atomic mass is 16.4. The van der Waals surface area contributed by atoms with Gasteiger partial charge in [-0.25, -0.2) is 9.97 Å². The predicted octanol–water partition coefficient (Wildman–Crippen LogP) is 2.39. The number of benzene rings is 2. The van der Waals surface area contributed by atoms with Crippen LogP contribution in [0.5, 0.6) is 0 Å². The van der Waals surface area contributed by atoms with Crippen molar-refractivity contribution in [1.82, 2.24) is 9.97 Å². The lowest BCUT2D eigenvalue weighted by Gasteiger charge is -2.14. The van der Waals surface area contributed by atoms with E-state index < -0.39 is 23.8 Å². The molecule has 10 nitrogen and oxygen atoms in total. The van der Waals surface area contributed by atoms with Crippen LogP contribution >= 0.6 is 0 Å². The average Bonchev–Trinajstić information content (AvgIpc) is 2.69. The lowest BCUT2D eigenvalue weighted by molar-refractivity contribution is -0.138. The van der Waals surface area contributed by atoms with E-state index >= 15 is 0 Å². The highest BCUT2D eigenvalue weighted by Gasteiger charge is 2.15. The van der Waals surface area contributed by atoms with Crippen LogP contribution in [0.25, 0.3) is 22.1 Å². The van der Waals surface area contributed by atoms with Gasteiger partial charge in [-0.15, -0.1) is 0 Å². The number of aromatic nitrogens is 2. The number of amides is 2. The molecule has 0 aliphatic rings. The van der Waals surface area contributed by atoms with E-state index in [1.54, 1.807) is 12.1 Å². The molecule has 0 bridgehead atoms. The van der Waals surface area contributed by atoms with Gasteiger partial charge in [0.15, 0.2) is 0 Å². The normalized spacial score (nSPS) is 10.7. The van der Waals surface area contributed by atoms with Crippen molar-refractivity contribution in [3.8, 4) is 0 Å². The van der Waals surface area contributed by atoms with Gasteiger partial charge in [0.1, 0.15) is 0 Å². The summed E-state index contributed by atoms with van der Waals surface area (Å²) < 4.78 is 0. The van der Waals surface area contributed by atoms with Gasteiger partial charge < -0.3 is 20.8 Å². The fourth-order valence-electron chi connectivity index (χ4n) is 2.74. The monoisotopic (exact) mass is 410 g/mol. The summed E-state index contributed by atoms with van der Waals surface area (Å²) in [5, 5.41) is 22.6. The Labute approximate surface area is 169 Å². The molecule has 0 radical (unpaired) electrons. The summed E-state index contributed by atoms with van der Waals surface area (Å²) in [6.45, 7) is 0. The molecule has 0 atom stereocenters. The van der Waals surface area contributed by atoms with Crippen LogP contribution in [0, 0.1) is 0 Å². The Balaban J connectivity index is 1.96. The molecule has 0 spiro atoms. The molecular formula is C20H18N4O6. The lowest BCUT2D eigenvalue weighted by Crippen LogP contribution is -2.18. The number of carboxylic acids is 2. The molecule has 1 aromatic heterocycles. The second kappa shape index (κ2) is 8.95. The second-order valence-electron chi connectivity index (χ2n) is 6.48. The number of hydrogen-bond donors (Lipinski definition) is 4. The van der Waals surface area contributed by atoms with Crippen molar-refractivity contribution in [2.24, 2.45) is 0 Å². The largest absolute Gasteiger partial charge is 0.481 e. The molecule has 2 amide bonds. The van der Waals surface area contributed by atoms with Crippen molar-refractivity contribution in [3.05, 3.63) is 36.4 Å². The summed E-state index contributed by atoms with van der Waals surface area (Å²) in [6.07, 6.45) is -1.18. The minimum absolute atomic E-state index is 0.214. The molecule has 30 heavy (non-hydrogen) atoms. The summed E-state index contributed by atoms with van der Waals surface area (Å²) in [7, 11) is 0. The number of carbonyl (C=O) groups excluding carboxylic acids is 2. The molecule has 0 saturated carbocycles. The number of rotatable bonds is 8. The molecule has 2 aromatic carbocycles. The third-order valence-electron chi connectivity index (χ3n) is 4.16. The van der Waals surface area contributed by atoms with E-state index in [-0.39, 0.29) is 37.1 Å². The van der Waals surface area contributed by atoms with Crippen LogP contribution < -0.4 is 10.6 Å². The Kier molecular flexibility index (Phi) is 6.16. The maximum absolute atomic E-state index is 12.1. The first kappa shape index (κ1) is 20.6. The summed E-state index contributed by atoms with van der Waals surface area (Å²) >= 11 is 0. The summed E-state index contributed by atoms with van der Waals surface area (Å²) in [5.74, 6) is -3.32. The highest BCUT2D eigenvalue weighted by Crippen LogP contribution is 2.28. The molecule has 3 rings (SSSR count). The smallest absolute Gasteiger partial charge is 0.303 e. The number of nitrogens with zero attached hydrogens (tertiary/aromatic N) is 2. The molecule has 154 valence electrons. The number of carboxylic acid groups (broad SMARTS) is 2. The number of fused-ring (bicyclic) bond motifs is 2. The van der Waals surface area contributed by atoms with Crippen molar-refractivity contribution in [2.45, 2.75) is 25.7 Å². The van der Waals surface area contributed by atoms with Crippen LogP contribution in [0.4, 0.5) is 11.4 Å². The van der Waals surface area contributed by atoms with Crippen LogP contribution in [-0.2, 0) is 19.2 Å².